The molecule has 28 heavy (non-hydrogen) atoms. The van der Waals surface area contributed by atoms with Crippen LogP contribution < -0.4 is 0 Å². The Bertz CT molecular complexity index is 1460. The number of nitrogens with zero attached hydrogens (tertiary/aromatic N) is 1. The smallest absolute Gasteiger partial charge is 0.0759 e. The third-order valence-electron chi connectivity index (χ3n) is 5.80. The maximum atomic E-state index is 4.79. The predicted octanol–water partition coefficient (Wildman–Crippen LogP) is 6.80. The van der Waals surface area contributed by atoms with Crippen molar-refractivity contribution in [3.05, 3.63) is 95.8 Å². The fraction of sp³-hybridized carbons (Fsp3) is 0.0385. The zero-order valence-electron chi connectivity index (χ0n) is 15.5. The molecule has 0 spiro atoms. The van der Waals surface area contributed by atoms with Gasteiger partial charge in [-0.15, -0.1) is 0 Å². The summed E-state index contributed by atoms with van der Waals surface area (Å²) in [7, 11) is 0. The number of aromatic nitrogens is 1. The van der Waals surface area contributed by atoms with E-state index in [1.54, 1.807) is 0 Å². The fourth-order valence-electron chi connectivity index (χ4n) is 4.32. The quantitative estimate of drug-likeness (QED) is 0.341. The van der Waals surface area contributed by atoms with E-state index in [4.69, 9.17) is 4.99 Å². The second kappa shape index (κ2) is 5.67. The van der Waals surface area contributed by atoms with E-state index in [2.05, 4.69) is 90.9 Å². The Kier molecular flexibility index (Phi) is 3.12. The predicted molar refractivity (Wildman–Crippen MR) is 120 cm³/mol. The maximum absolute atomic E-state index is 4.79. The Morgan fingerprint density at radius 2 is 1.39 bits per heavy atom. The van der Waals surface area contributed by atoms with Gasteiger partial charge in [0.15, 0.2) is 0 Å². The van der Waals surface area contributed by atoms with Crippen LogP contribution in [0.15, 0.2) is 84.0 Å². The number of nitrogens with one attached hydrogen (secondary N) is 1. The third-order valence-corrected chi connectivity index (χ3v) is 5.80. The minimum Gasteiger partial charge on any atom is -0.360 e. The summed E-state index contributed by atoms with van der Waals surface area (Å²) in [6.45, 7) is 2.16. The summed E-state index contributed by atoms with van der Waals surface area (Å²) >= 11 is 0. The molecule has 1 N–H and O–H groups in total. The molecule has 0 amide bonds. The normalized spacial score (nSPS) is 14.9. The van der Waals surface area contributed by atoms with Gasteiger partial charge in [0.1, 0.15) is 0 Å². The summed E-state index contributed by atoms with van der Waals surface area (Å²) in [6, 6.07) is 26.0. The Hall–Kier alpha value is -3.65. The van der Waals surface area contributed by atoms with Crippen LogP contribution in [0.2, 0.25) is 0 Å². The Labute approximate surface area is 162 Å². The molecule has 2 nitrogen and oxygen atoms in total. The molecule has 0 fully saturated rings. The number of rotatable bonds is 1. The average Bonchev–Trinajstić information content (AvgIpc) is 3.33. The minimum atomic E-state index is 1.05. The molecule has 1 aromatic heterocycles. The highest BCUT2D eigenvalue weighted by atomic mass is 14.8. The Balaban J connectivity index is 1.58. The van der Waals surface area contributed by atoms with Crippen molar-refractivity contribution in [2.75, 3.05) is 0 Å². The van der Waals surface area contributed by atoms with Crippen LogP contribution in [0.1, 0.15) is 23.7 Å². The number of fused-ring (bicyclic) bond motifs is 4. The van der Waals surface area contributed by atoms with E-state index in [0.717, 1.165) is 11.4 Å². The first-order valence-electron chi connectivity index (χ1n) is 9.56. The van der Waals surface area contributed by atoms with E-state index >= 15 is 0 Å². The van der Waals surface area contributed by atoms with E-state index in [-0.39, 0.29) is 0 Å². The van der Waals surface area contributed by atoms with Gasteiger partial charge in [-0.25, -0.2) is 0 Å². The second-order valence-electron chi connectivity index (χ2n) is 7.47. The van der Waals surface area contributed by atoms with Crippen molar-refractivity contribution >= 4 is 49.8 Å². The highest BCUT2D eigenvalue weighted by Crippen LogP contribution is 2.37. The molecule has 5 aromatic rings. The first-order chi connectivity index (χ1) is 13.8. The van der Waals surface area contributed by atoms with E-state index in [0.29, 0.717) is 0 Å². The zero-order valence-corrected chi connectivity index (χ0v) is 15.5. The lowest BCUT2D eigenvalue weighted by atomic mass is 9.97. The van der Waals surface area contributed by atoms with Gasteiger partial charge in [-0.2, -0.15) is 0 Å². The summed E-state index contributed by atoms with van der Waals surface area (Å²) in [6.07, 6.45) is 4.09. The Morgan fingerprint density at radius 3 is 2.14 bits per heavy atom. The van der Waals surface area contributed by atoms with Crippen LogP contribution in [0.5, 0.6) is 0 Å². The molecule has 2 heterocycles. The SMILES string of the molecule is C/C(=C1/N=Cc2cc3ccccc3cc21)c1[nH]cc2cc3ccccc3cc12. The minimum absolute atomic E-state index is 1.05. The van der Waals surface area contributed by atoms with Crippen LogP contribution in [-0.4, -0.2) is 11.2 Å². The van der Waals surface area contributed by atoms with Gasteiger partial charge in [0.05, 0.1) is 11.4 Å². The van der Waals surface area contributed by atoms with E-state index in [1.807, 2.05) is 6.21 Å². The summed E-state index contributed by atoms with van der Waals surface area (Å²) in [4.78, 5) is 8.29. The van der Waals surface area contributed by atoms with Gasteiger partial charge in [0.2, 0.25) is 0 Å². The summed E-state index contributed by atoms with van der Waals surface area (Å²) in [5.41, 5.74) is 5.77. The van der Waals surface area contributed by atoms with Crippen molar-refractivity contribution in [2.24, 2.45) is 4.99 Å². The summed E-state index contributed by atoms with van der Waals surface area (Å²) < 4.78 is 0. The van der Waals surface area contributed by atoms with Crippen LogP contribution >= 0.6 is 0 Å². The van der Waals surface area contributed by atoms with E-state index < -0.39 is 0 Å². The molecule has 0 saturated carbocycles. The molecule has 1 aliphatic heterocycles. The number of hydrogen-bond acceptors (Lipinski definition) is 1. The molecular formula is C26H18N2. The van der Waals surface area contributed by atoms with Crippen LogP contribution in [0.3, 0.4) is 0 Å². The van der Waals surface area contributed by atoms with Gasteiger partial charge in [-0.1, -0.05) is 48.5 Å². The topological polar surface area (TPSA) is 28.1 Å². The molecule has 132 valence electrons. The van der Waals surface area contributed by atoms with Gasteiger partial charge in [-0.05, 0) is 58.3 Å². The third kappa shape index (κ3) is 2.18. The maximum Gasteiger partial charge on any atom is 0.0759 e. The van der Waals surface area contributed by atoms with E-state index in [9.17, 15) is 0 Å². The summed E-state index contributed by atoms with van der Waals surface area (Å²) in [5.74, 6) is 0. The lowest BCUT2D eigenvalue weighted by molar-refractivity contribution is 1.35. The number of H-pyrrole nitrogens is 1. The van der Waals surface area contributed by atoms with Gasteiger partial charge in [0, 0.05) is 34.3 Å². The average molecular weight is 358 g/mol. The zero-order chi connectivity index (χ0) is 18.7. The van der Waals surface area contributed by atoms with Crippen molar-refractivity contribution in [3.8, 4) is 0 Å². The first-order valence-corrected chi connectivity index (χ1v) is 9.56. The number of hydrogen-bond donors (Lipinski definition) is 1. The van der Waals surface area contributed by atoms with Crippen molar-refractivity contribution in [1.29, 1.82) is 0 Å². The van der Waals surface area contributed by atoms with Crippen LogP contribution in [0.4, 0.5) is 0 Å². The largest absolute Gasteiger partial charge is 0.360 e. The second-order valence-corrected chi connectivity index (χ2v) is 7.47. The van der Waals surface area contributed by atoms with Crippen LogP contribution in [-0.2, 0) is 0 Å². The van der Waals surface area contributed by atoms with E-state index in [1.165, 1.54) is 49.0 Å². The monoisotopic (exact) mass is 358 g/mol. The highest BCUT2D eigenvalue weighted by molar-refractivity contribution is 6.11. The molecule has 4 aromatic carbocycles. The number of benzene rings is 4. The van der Waals surface area contributed by atoms with Crippen molar-refractivity contribution < 1.29 is 0 Å². The summed E-state index contributed by atoms with van der Waals surface area (Å²) in [5, 5.41) is 7.50. The molecule has 0 unspecified atom stereocenters. The lowest BCUT2D eigenvalue weighted by Crippen LogP contribution is -1.89. The first kappa shape index (κ1) is 15.4. The number of aromatic amines is 1. The molecule has 0 saturated heterocycles. The van der Waals surface area contributed by atoms with Gasteiger partial charge < -0.3 is 4.98 Å². The van der Waals surface area contributed by atoms with Crippen molar-refractivity contribution in [2.45, 2.75) is 6.92 Å². The van der Waals surface area contributed by atoms with Crippen molar-refractivity contribution in [1.82, 2.24) is 4.98 Å². The Morgan fingerprint density at radius 1 is 0.750 bits per heavy atom. The molecule has 0 aliphatic carbocycles. The highest BCUT2D eigenvalue weighted by Gasteiger charge is 2.18. The molecular weight excluding hydrogens is 340 g/mol. The molecule has 1 aliphatic rings. The fourth-order valence-corrected chi connectivity index (χ4v) is 4.32. The molecule has 6 rings (SSSR count). The van der Waals surface area contributed by atoms with Gasteiger partial charge in [0.25, 0.3) is 0 Å². The van der Waals surface area contributed by atoms with Gasteiger partial charge in [-0.3, -0.25) is 4.99 Å². The molecule has 0 atom stereocenters. The van der Waals surface area contributed by atoms with Gasteiger partial charge >= 0.3 is 0 Å². The molecule has 0 bridgehead atoms. The molecule has 2 heteroatoms. The van der Waals surface area contributed by atoms with Crippen LogP contribution in [0.25, 0.3) is 43.6 Å². The van der Waals surface area contributed by atoms with Crippen molar-refractivity contribution in [3.63, 3.8) is 0 Å². The lowest BCUT2D eigenvalue weighted by Gasteiger charge is -2.08. The number of allylic oxidation sites excluding steroid dienone is 1. The standard InChI is InChI=1S/C26H18N2/c1-16(25-23-12-19-8-4-2-6-17(19)10-21(23)14-27-25)26-24-13-20-9-5-3-7-18(20)11-22(24)15-28-26/h2-15,27H,1H3/b26-16-. The number of aliphatic imine (C=N–C) groups is 1. The molecule has 0 radical (unpaired) electrons. The van der Waals surface area contributed by atoms with Crippen LogP contribution in [0, 0.1) is 0 Å².